The quantitative estimate of drug-likeness (QED) is 0.847. The van der Waals surface area contributed by atoms with Gasteiger partial charge in [-0.1, -0.05) is 38.8 Å². The van der Waals surface area contributed by atoms with Crippen LogP contribution in [0.2, 0.25) is 0 Å². The maximum absolute atomic E-state index is 11.2. The van der Waals surface area contributed by atoms with Crippen LogP contribution < -0.4 is 10.2 Å². The van der Waals surface area contributed by atoms with Crippen LogP contribution in [0.1, 0.15) is 45.1 Å². The summed E-state index contributed by atoms with van der Waals surface area (Å²) >= 11 is 0. The molecule has 4 nitrogen and oxygen atoms in total. The molecule has 2 N–H and O–H groups in total. The fourth-order valence-corrected chi connectivity index (χ4v) is 2.99. The lowest BCUT2D eigenvalue weighted by Gasteiger charge is -2.23. The number of benzene rings is 1. The topological polar surface area (TPSA) is 52.6 Å². The lowest BCUT2D eigenvalue weighted by Crippen LogP contribution is -2.40. The molecule has 1 atom stereocenters. The molecule has 1 aliphatic heterocycles. The molecule has 2 rings (SSSR count). The SMILES string of the molecule is CC(C)C(NCc1ccc(N2CCCCCC2)cc1)C(=O)O. The third kappa shape index (κ3) is 4.73. The Morgan fingerprint density at radius 1 is 1.14 bits per heavy atom. The first-order valence-electron chi connectivity index (χ1n) is 8.38. The molecule has 0 spiro atoms. The van der Waals surface area contributed by atoms with Crippen LogP contribution in [0.5, 0.6) is 0 Å². The first-order chi connectivity index (χ1) is 10.6. The van der Waals surface area contributed by atoms with Crippen molar-refractivity contribution < 1.29 is 9.90 Å². The Labute approximate surface area is 133 Å². The highest BCUT2D eigenvalue weighted by atomic mass is 16.4. The van der Waals surface area contributed by atoms with Crippen molar-refractivity contribution in [1.82, 2.24) is 5.32 Å². The largest absolute Gasteiger partial charge is 0.480 e. The van der Waals surface area contributed by atoms with Crippen LogP contribution in [0.3, 0.4) is 0 Å². The molecule has 1 saturated heterocycles. The molecule has 1 aliphatic rings. The average molecular weight is 304 g/mol. The van der Waals surface area contributed by atoms with E-state index in [-0.39, 0.29) is 5.92 Å². The second-order valence-corrected chi connectivity index (χ2v) is 6.51. The molecule has 1 aromatic carbocycles. The van der Waals surface area contributed by atoms with Crippen LogP contribution in [-0.4, -0.2) is 30.2 Å². The number of hydrogen-bond donors (Lipinski definition) is 2. The van der Waals surface area contributed by atoms with Crippen molar-refractivity contribution in [2.45, 2.75) is 52.1 Å². The second kappa shape index (κ2) is 8.18. The molecule has 1 aromatic rings. The number of anilines is 1. The van der Waals surface area contributed by atoms with Gasteiger partial charge in [0.15, 0.2) is 0 Å². The Hall–Kier alpha value is -1.55. The monoisotopic (exact) mass is 304 g/mol. The molecule has 0 saturated carbocycles. The highest BCUT2D eigenvalue weighted by Gasteiger charge is 2.20. The van der Waals surface area contributed by atoms with Crippen molar-refractivity contribution in [2.24, 2.45) is 5.92 Å². The van der Waals surface area contributed by atoms with E-state index in [1.54, 1.807) is 0 Å². The Morgan fingerprint density at radius 3 is 2.23 bits per heavy atom. The van der Waals surface area contributed by atoms with Gasteiger partial charge >= 0.3 is 5.97 Å². The van der Waals surface area contributed by atoms with Gasteiger partial charge in [-0.15, -0.1) is 0 Å². The minimum Gasteiger partial charge on any atom is -0.480 e. The van der Waals surface area contributed by atoms with E-state index in [0.717, 1.165) is 18.7 Å². The summed E-state index contributed by atoms with van der Waals surface area (Å²) in [5, 5.41) is 12.3. The van der Waals surface area contributed by atoms with Gasteiger partial charge in [0.25, 0.3) is 0 Å². The molecule has 1 heterocycles. The fourth-order valence-electron chi connectivity index (χ4n) is 2.99. The van der Waals surface area contributed by atoms with Crippen LogP contribution in [-0.2, 0) is 11.3 Å². The summed E-state index contributed by atoms with van der Waals surface area (Å²) in [6, 6.07) is 8.03. The van der Waals surface area contributed by atoms with Crippen molar-refractivity contribution in [2.75, 3.05) is 18.0 Å². The predicted octanol–water partition coefficient (Wildman–Crippen LogP) is 3.27. The van der Waals surface area contributed by atoms with Gasteiger partial charge in [-0.3, -0.25) is 4.79 Å². The zero-order valence-corrected chi connectivity index (χ0v) is 13.7. The van der Waals surface area contributed by atoms with E-state index in [1.807, 2.05) is 13.8 Å². The number of aliphatic carboxylic acids is 1. The minimum atomic E-state index is -0.781. The predicted molar refractivity (Wildman–Crippen MR) is 90.2 cm³/mol. The van der Waals surface area contributed by atoms with Gasteiger partial charge < -0.3 is 15.3 Å². The van der Waals surface area contributed by atoms with E-state index in [1.165, 1.54) is 31.4 Å². The second-order valence-electron chi connectivity index (χ2n) is 6.51. The zero-order chi connectivity index (χ0) is 15.9. The number of carbonyl (C=O) groups is 1. The summed E-state index contributed by atoms with van der Waals surface area (Å²) in [6.45, 7) is 6.73. The molecule has 1 unspecified atom stereocenters. The van der Waals surface area contributed by atoms with Crippen LogP contribution in [0, 0.1) is 5.92 Å². The molecular formula is C18H28N2O2. The zero-order valence-electron chi connectivity index (χ0n) is 13.7. The third-order valence-electron chi connectivity index (χ3n) is 4.37. The normalized spacial score (nSPS) is 17.3. The lowest BCUT2D eigenvalue weighted by atomic mass is 10.0. The molecule has 0 amide bonds. The minimum absolute atomic E-state index is 0.0777. The van der Waals surface area contributed by atoms with Crippen LogP contribution in [0.15, 0.2) is 24.3 Å². The maximum Gasteiger partial charge on any atom is 0.320 e. The number of nitrogens with one attached hydrogen (secondary N) is 1. The van der Waals surface area contributed by atoms with Gasteiger partial charge in [0.1, 0.15) is 6.04 Å². The highest BCUT2D eigenvalue weighted by molar-refractivity contribution is 5.73. The first kappa shape index (κ1) is 16.8. The molecule has 0 aromatic heterocycles. The van der Waals surface area contributed by atoms with E-state index in [0.29, 0.717) is 6.54 Å². The van der Waals surface area contributed by atoms with Crippen LogP contribution >= 0.6 is 0 Å². The molecule has 4 heteroatoms. The molecule has 1 fully saturated rings. The summed E-state index contributed by atoms with van der Waals surface area (Å²) in [6.07, 6.45) is 5.23. The van der Waals surface area contributed by atoms with Gasteiger partial charge in [-0.2, -0.15) is 0 Å². The summed E-state index contributed by atoms with van der Waals surface area (Å²) in [5.74, 6) is -0.704. The van der Waals surface area contributed by atoms with Crippen molar-refractivity contribution in [3.05, 3.63) is 29.8 Å². The Balaban J connectivity index is 1.92. The van der Waals surface area contributed by atoms with Gasteiger partial charge in [0, 0.05) is 25.3 Å². The lowest BCUT2D eigenvalue weighted by molar-refractivity contribution is -0.140. The van der Waals surface area contributed by atoms with Gasteiger partial charge in [0.05, 0.1) is 0 Å². The molecule has 122 valence electrons. The Bertz CT molecular complexity index is 462. The number of carboxylic acids is 1. The van der Waals surface area contributed by atoms with E-state index in [4.69, 9.17) is 0 Å². The summed E-state index contributed by atoms with van der Waals surface area (Å²) < 4.78 is 0. The fraction of sp³-hybridized carbons (Fsp3) is 0.611. The van der Waals surface area contributed by atoms with Gasteiger partial charge in [0.2, 0.25) is 0 Å². The van der Waals surface area contributed by atoms with E-state index < -0.39 is 12.0 Å². The Kier molecular flexibility index (Phi) is 6.25. The van der Waals surface area contributed by atoms with Crippen molar-refractivity contribution in [3.63, 3.8) is 0 Å². The molecule has 0 bridgehead atoms. The highest BCUT2D eigenvalue weighted by Crippen LogP contribution is 2.20. The Morgan fingerprint density at radius 2 is 1.73 bits per heavy atom. The van der Waals surface area contributed by atoms with Gasteiger partial charge in [-0.25, -0.2) is 0 Å². The molecular weight excluding hydrogens is 276 g/mol. The standard InChI is InChI=1S/C18H28N2O2/c1-14(2)17(18(21)22)19-13-15-7-9-16(10-8-15)20-11-5-3-4-6-12-20/h7-10,14,17,19H,3-6,11-13H2,1-2H3,(H,21,22). The average Bonchev–Trinajstić information content (AvgIpc) is 2.76. The van der Waals surface area contributed by atoms with Crippen molar-refractivity contribution in [3.8, 4) is 0 Å². The summed E-state index contributed by atoms with van der Waals surface area (Å²) in [5.41, 5.74) is 2.41. The first-order valence-corrected chi connectivity index (χ1v) is 8.38. The number of rotatable bonds is 6. The van der Waals surface area contributed by atoms with Crippen molar-refractivity contribution >= 4 is 11.7 Å². The van der Waals surface area contributed by atoms with Crippen molar-refractivity contribution in [1.29, 1.82) is 0 Å². The summed E-state index contributed by atoms with van der Waals surface area (Å²) in [4.78, 5) is 13.6. The maximum atomic E-state index is 11.2. The van der Waals surface area contributed by atoms with Crippen LogP contribution in [0.25, 0.3) is 0 Å². The van der Waals surface area contributed by atoms with E-state index >= 15 is 0 Å². The van der Waals surface area contributed by atoms with Gasteiger partial charge in [-0.05, 0) is 36.5 Å². The number of nitrogens with zero attached hydrogens (tertiary/aromatic N) is 1. The van der Waals surface area contributed by atoms with E-state index in [9.17, 15) is 9.90 Å². The molecule has 22 heavy (non-hydrogen) atoms. The van der Waals surface area contributed by atoms with Crippen LogP contribution in [0.4, 0.5) is 5.69 Å². The smallest absolute Gasteiger partial charge is 0.320 e. The third-order valence-corrected chi connectivity index (χ3v) is 4.37. The number of hydrogen-bond acceptors (Lipinski definition) is 3. The van der Waals surface area contributed by atoms with E-state index in [2.05, 4.69) is 34.5 Å². The summed E-state index contributed by atoms with van der Waals surface area (Å²) in [7, 11) is 0. The number of carboxylic acid groups (broad SMARTS) is 1. The molecule has 0 radical (unpaired) electrons. The molecule has 0 aliphatic carbocycles.